The number of aliphatic hydroxyl groups is 1. The molecule has 0 spiro atoms. The van der Waals surface area contributed by atoms with E-state index in [0.29, 0.717) is 0 Å². The van der Waals surface area contributed by atoms with E-state index >= 15 is 0 Å². The molecule has 5 heteroatoms. The lowest BCUT2D eigenvalue weighted by Crippen LogP contribution is -2.27. The van der Waals surface area contributed by atoms with Gasteiger partial charge < -0.3 is 15.5 Å². The van der Waals surface area contributed by atoms with Crippen molar-refractivity contribution in [2.45, 2.75) is 6.10 Å². The Hall–Kier alpha value is -1.46. The molecule has 0 radical (unpaired) electrons. The highest BCUT2D eigenvalue weighted by Gasteiger charge is 2.11. The Morgan fingerprint density at radius 2 is 2.13 bits per heavy atom. The summed E-state index contributed by atoms with van der Waals surface area (Å²) in [5.74, 6) is -1.52. The molecule has 4 nitrogen and oxygen atoms in total. The van der Waals surface area contributed by atoms with Crippen LogP contribution in [0.25, 0.3) is 0 Å². The van der Waals surface area contributed by atoms with E-state index in [1.807, 2.05) is 0 Å². The molecular formula is C10H12FNO3. The van der Waals surface area contributed by atoms with Crippen molar-refractivity contribution in [2.24, 2.45) is 0 Å². The first-order valence-corrected chi connectivity index (χ1v) is 4.46. The number of nitrogens with one attached hydrogen (secondary N) is 1. The van der Waals surface area contributed by atoms with Crippen LogP contribution in [0.15, 0.2) is 24.3 Å². The molecule has 0 amide bonds. The van der Waals surface area contributed by atoms with E-state index in [1.165, 1.54) is 18.2 Å². The highest BCUT2D eigenvalue weighted by molar-refractivity contribution is 5.68. The Morgan fingerprint density at radius 1 is 1.47 bits per heavy atom. The van der Waals surface area contributed by atoms with Gasteiger partial charge in [0.1, 0.15) is 5.82 Å². The standard InChI is InChI=1S/C10H12FNO3/c11-8-4-2-1-3-7(8)9(13)5-12-6-10(14)15/h1-4,9,12-13H,5-6H2,(H,14,15). The maximum Gasteiger partial charge on any atom is 0.317 e. The molecule has 0 heterocycles. The van der Waals surface area contributed by atoms with Crippen LogP contribution in [-0.2, 0) is 4.79 Å². The zero-order chi connectivity index (χ0) is 11.3. The lowest BCUT2D eigenvalue weighted by molar-refractivity contribution is -0.136. The number of carboxylic acids is 1. The molecule has 0 saturated carbocycles. The molecule has 0 bridgehead atoms. The molecule has 0 aliphatic rings. The van der Waals surface area contributed by atoms with Crippen LogP contribution in [0.3, 0.4) is 0 Å². The summed E-state index contributed by atoms with van der Waals surface area (Å²) in [6.07, 6.45) is -1.04. The number of aliphatic carboxylic acids is 1. The van der Waals surface area contributed by atoms with Crippen LogP contribution >= 0.6 is 0 Å². The van der Waals surface area contributed by atoms with Gasteiger partial charge in [0.2, 0.25) is 0 Å². The number of benzene rings is 1. The number of carboxylic acid groups (broad SMARTS) is 1. The van der Waals surface area contributed by atoms with Crippen LogP contribution in [-0.4, -0.2) is 29.3 Å². The number of hydrogen-bond donors (Lipinski definition) is 3. The molecule has 1 unspecified atom stereocenters. The zero-order valence-electron chi connectivity index (χ0n) is 7.98. The normalized spacial score (nSPS) is 12.4. The van der Waals surface area contributed by atoms with E-state index < -0.39 is 17.9 Å². The molecule has 0 aliphatic carbocycles. The van der Waals surface area contributed by atoms with E-state index in [-0.39, 0.29) is 18.7 Å². The van der Waals surface area contributed by atoms with Crippen LogP contribution in [0, 0.1) is 5.82 Å². The van der Waals surface area contributed by atoms with E-state index in [9.17, 15) is 14.3 Å². The number of halogens is 1. The Balaban J connectivity index is 2.50. The van der Waals surface area contributed by atoms with Gasteiger partial charge in [-0.15, -0.1) is 0 Å². The first-order valence-electron chi connectivity index (χ1n) is 4.46. The van der Waals surface area contributed by atoms with Crippen molar-refractivity contribution in [1.82, 2.24) is 5.32 Å². The van der Waals surface area contributed by atoms with Crippen molar-refractivity contribution in [2.75, 3.05) is 13.1 Å². The fourth-order valence-electron chi connectivity index (χ4n) is 1.17. The molecule has 0 aromatic heterocycles. The smallest absolute Gasteiger partial charge is 0.317 e. The minimum absolute atomic E-state index is 0.00718. The molecular weight excluding hydrogens is 201 g/mol. The van der Waals surface area contributed by atoms with Gasteiger partial charge in [0.25, 0.3) is 0 Å². The second kappa shape index (κ2) is 5.43. The minimum atomic E-state index is -1.04. The summed E-state index contributed by atoms with van der Waals surface area (Å²) in [5.41, 5.74) is 0.162. The number of rotatable bonds is 5. The van der Waals surface area contributed by atoms with Crippen LogP contribution < -0.4 is 5.32 Å². The molecule has 0 fully saturated rings. The first-order chi connectivity index (χ1) is 7.11. The Bertz CT molecular complexity index is 343. The summed E-state index contributed by atoms with van der Waals surface area (Å²) in [6, 6.07) is 5.84. The second-order valence-corrected chi connectivity index (χ2v) is 3.06. The third-order valence-corrected chi connectivity index (χ3v) is 1.88. The predicted octanol–water partition coefficient (Wildman–Crippen LogP) is 0.533. The van der Waals surface area contributed by atoms with Crippen molar-refractivity contribution < 1.29 is 19.4 Å². The molecule has 1 aromatic carbocycles. The Labute approximate surface area is 86.4 Å². The summed E-state index contributed by atoms with van der Waals surface area (Å²) in [6.45, 7) is -0.251. The lowest BCUT2D eigenvalue weighted by atomic mass is 10.1. The van der Waals surface area contributed by atoms with Crippen molar-refractivity contribution in [1.29, 1.82) is 0 Å². The summed E-state index contributed by atoms with van der Waals surface area (Å²) >= 11 is 0. The third-order valence-electron chi connectivity index (χ3n) is 1.88. The lowest BCUT2D eigenvalue weighted by Gasteiger charge is -2.11. The van der Waals surface area contributed by atoms with Gasteiger partial charge in [-0.2, -0.15) is 0 Å². The van der Waals surface area contributed by atoms with Crippen LogP contribution in [0.4, 0.5) is 4.39 Å². The molecule has 3 N–H and O–H groups in total. The van der Waals surface area contributed by atoms with Crippen LogP contribution in [0.1, 0.15) is 11.7 Å². The maximum absolute atomic E-state index is 13.1. The molecule has 1 atom stereocenters. The Morgan fingerprint density at radius 3 is 2.73 bits per heavy atom. The largest absolute Gasteiger partial charge is 0.480 e. The molecule has 82 valence electrons. The quantitative estimate of drug-likeness (QED) is 0.667. The van der Waals surface area contributed by atoms with E-state index in [0.717, 1.165) is 0 Å². The number of hydrogen-bond acceptors (Lipinski definition) is 3. The number of aliphatic hydroxyl groups excluding tert-OH is 1. The first kappa shape index (κ1) is 11.6. The molecule has 1 aromatic rings. The molecule has 15 heavy (non-hydrogen) atoms. The average Bonchev–Trinajstić information content (AvgIpc) is 2.17. The van der Waals surface area contributed by atoms with Gasteiger partial charge in [-0.25, -0.2) is 4.39 Å². The Kier molecular flexibility index (Phi) is 4.20. The average molecular weight is 213 g/mol. The topological polar surface area (TPSA) is 69.6 Å². The summed E-state index contributed by atoms with van der Waals surface area (Å²) in [5, 5.41) is 20.3. The fraction of sp³-hybridized carbons (Fsp3) is 0.300. The molecule has 1 rings (SSSR count). The fourth-order valence-corrected chi connectivity index (χ4v) is 1.17. The maximum atomic E-state index is 13.1. The highest BCUT2D eigenvalue weighted by Crippen LogP contribution is 2.15. The van der Waals surface area contributed by atoms with Gasteiger partial charge >= 0.3 is 5.97 Å². The zero-order valence-corrected chi connectivity index (χ0v) is 7.98. The van der Waals surface area contributed by atoms with Gasteiger partial charge in [0, 0.05) is 12.1 Å². The summed E-state index contributed by atoms with van der Waals surface area (Å²) in [7, 11) is 0. The second-order valence-electron chi connectivity index (χ2n) is 3.06. The van der Waals surface area contributed by atoms with Gasteiger partial charge in [0.15, 0.2) is 0 Å². The minimum Gasteiger partial charge on any atom is -0.480 e. The van der Waals surface area contributed by atoms with Gasteiger partial charge in [-0.1, -0.05) is 18.2 Å². The van der Waals surface area contributed by atoms with Crippen molar-refractivity contribution in [3.05, 3.63) is 35.6 Å². The van der Waals surface area contributed by atoms with Crippen molar-refractivity contribution in [3.8, 4) is 0 Å². The highest BCUT2D eigenvalue weighted by atomic mass is 19.1. The van der Waals surface area contributed by atoms with E-state index in [2.05, 4.69) is 5.32 Å². The monoisotopic (exact) mass is 213 g/mol. The van der Waals surface area contributed by atoms with Crippen LogP contribution in [0.5, 0.6) is 0 Å². The van der Waals surface area contributed by atoms with E-state index in [4.69, 9.17) is 5.11 Å². The SMILES string of the molecule is O=C(O)CNCC(O)c1ccccc1F. The van der Waals surface area contributed by atoms with E-state index in [1.54, 1.807) is 6.07 Å². The predicted molar refractivity (Wildman–Crippen MR) is 51.9 cm³/mol. The van der Waals surface area contributed by atoms with Gasteiger partial charge in [0.05, 0.1) is 12.6 Å². The van der Waals surface area contributed by atoms with Gasteiger partial charge in [-0.3, -0.25) is 4.79 Å². The van der Waals surface area contributed by atoms with Crippen molar-refractivity contribution >= 4 is 5.97 Å². The molecule has 0 saturated heterocycles. The van der Waals surface area contributed by atoms with Crippen molar-refractivity contribution in [3.63, 3.8) is 0 Å². The third kappa shape index (κ3) is 3.65. The van der Waals surface area contributed by atoms with Crippen LogP contribution in [0.2, 0.25) is 0 Å². The van der Waals surface area contributed by atoms with Gasteiger partial charge in [-0.05, 0) is 6.07 Å². The number of carbonyl (C=O) groups is 1. The summed E-state index contributed by atoms with van der Waals surface area (Å²) < 4.78 is 13.1. The summed E-state index contributed by atoms with van der Waals surface area (Å²) in [4.78, 5) is 10.2. The molecule has 0 aliphatic heterocycles.